The molecule has 0 N–H and O–H groups in total. The Morgan fingerprint density at radius 2 is 1.88 bits per heavy atom. The lowest BCUT2D eigenvalue weighted by Crippen LogP contribution is -2.38. The molecule has 0 aliphatic carbocycles. The highest BCUT2D eigenvalue weighted by Crippen LogP contribution is 2.26. The van der Waals surface area contributed by atoms with E-state index in [1.807, 2.05) is 0 Å². The van der Waals surface area contributed by atoms with Gasteiger partial charge in [-0.3, -0.25) is 0 Å². The predicted molar refractivity (Wildman–Crippen MR) is 64.4 cm³/mol. The Morgan fingerprint density at radius 3 is 2.44 bits per heavy atom. The molecule has 1 unspecified atom stereocenters. The molecule has 0 amide bonds. The van der Waals surface area contributed by atoms with Gasteiger partial charge in [0.25, 0.3) is 0 Å². The quantitative estimate of drug-likeness (QED) is 0.738. The van der Waals surface area contributed by atoms with Gasteiger partial charge >= 0.3 is 0 Å². The van der Waals surface area contributed by atoms with Crippen LogP contribution in [0.2, 0.25) is 0 Å². The van der Waals surface area contributed by atoms with Crippen molar-refractivity contribution in [3.05, 3.63) is 0 Å². The van der Waals surface area contributed by atoms with Crippen LogP contribution in [0.4, 0.5) is 0 Å². The maximum atomic E-state index is 5.75. The molecule has 2 rings (SSSR count). The molecule has 0 spiro atoms. The monoisotopic (exact) mass is 227 g/mol. The van der Waals surface area contributed by atoms with Gasteiger partial charge in [0.2, 0.25) is 0 Å². The molecule has 0 saturated carbocycles. The summed E-state index contributed by atoms with van der Waals surface area (Å²) in [6.07, 6.45) is 4.99. The zero-order valence-corrected chi connectivity index (χ0v) is 10.9. The van der Waals surface area contributed by atoms with Crippen LogP contribution in [0.3, 0.4) is 0 Å². The van der Waals surface area contributed by atoms with Gasteiger partial charge in [-0.2, -0.15) is 0 Å². The van der Waals surface area contributed by atoms with Crippen molar-refractivity contribution in [3.63, 3.8) is 0 Å². The highest BCUT2D eigenvalue weighted by atomic mass is 16.7. The Balaban J connectivity index is 1.67. The van der Waals surface area contributed by atoms with Crippen molar-refractivity contribution in [2.45, 2.75) is 51.9 Å². The van der Waals surface area contributed by atoms with E-state index in [0.29, 0.717) is 0 Å². The zero-order valence-electron chi connectivity index (χ0n) is 10.9. The predicted octanol–water partition coefficient (Wildman–Crippen LogP) is 2.26. The molecule has 2 fully saturated rings. The highest BCUT2D eigenvalue weighted by Gasteiger charge is 2.29. The van der Waals surface area contributed by atoms with Crippen LogP contribution in [-0.2, 0) is 9.47 Å². The SMILES string of the molecule is CN1CCCC1CCC1OCC(C)(C)CO1. The highest BCUT2D eigenvalue weighted by molar-refractivity contribution is 4.77. The molecule has 0 bridgehead atoms. The standard InChI is InChI=1S/C13H25NO2/c1-13(2)9-15-12(16-10-13)7-6-11-5-4-8-14(11)3/h11-12H,4-10H2,1-3H3. The second-order valence-corrected chi connectivity index (χ2v) is 6.07. The van der Waals surface area contributed by atoms with Gasteiger partial charge in [-0.15, -0.1) is 0 Å². The van der Waals surface area contributed by atoms with Crippen molar-refractivity contribution < 1.29 is 9.47 Å². The molecule has 2 saturated heterocycles. The van der Waals surface area contributed by atoms with Crippen LogP contribution in [0.15, 0.2) is 0 Å². The summed E-state index contributed by atoms with van der Waals surface area (Å²) in [6, 6.07) is 0.752. The smallest absolute Gasteiger partial charge is 0.157 e. The van der Waals surface area contributed by atoms with E-state index < -0.39 is 0 Å². The first-order valence-electron chi connectivity index (χ1n) is 6.50. The number of nitrogens with zero attached hydrogens (tertiary/aromatic N) is 1. The summed E-state index contributed by atoms with van der Waals surface area (Å²) >= 11 is 0. The lowest BCUT2D eigenvalue weighted by molar-refractivity contribution is -0.224. The average Bonchev–Trinajstić information content (AvgIpc) is 2.63. The molecule has 16 heavy (non-hydrogen) atoms. The largest absolute Gasteiger partial charge is 0.352 e. The summed E-state index contributed by atoms with van der Waals surface area (Å²) in [6.45, 7) is 7.29. The van der Waals surface area contributed by atoms with Gasteiger partial charge in [0.05, 0.1) is 13.2 Å². The molecule has 94 valence electrons. The third kappa shape index (κ3) is 3.19. The summed E-state index contributed by atoms with van der Waals surface area (Å²) in [5.74, 6) is 0. The molecule has 3 heteroatoms. The van der Waals surface area contributed by atoms with Gasteiger partial charge in [0.1, 0.15) is 0 Å². The summed E-state index contributed by atoms with van der Waals surface area (Å²) in [5.41, 5.74) is 0.195. The van der Waals surface area contributed by atoms with Crippen LogP contribution in [0, 0.1) is 5.41 Å². The van der Waals surface area contributed by atoms with Gasteiger partial charge in [-0.25, -0.2) is 0 Å². The lowest BCUT2D eigenvalue weighted by Gasteiger charge is -2.35. The molecule has 2 aliphatic heterocycles. The Labute approximate surface area is 99.1 Å². The summed E-state index contributed by atoms with van der Waals surface area (Å²) in [5, 5.41) is 0. The Kier molecular flexibility index (Phi) is 3.88. The average molecular weight is 227 g/mol. The molecule has 2 aliphatic rings. The van der Waals surface area contributed by atoms with Crippen LogP contribution in [0.5, 0.6) is 0 Å². The van der Waals surface area contributed by atoms with Crippen molar-refractivity contribution in [1.29, 1.82) is 0 Å². The maximum Gasteiger partial charge on any atom is 0.157 e. The van der Waals surface area contributed by atoms with Crippen LogP contribution in [0.1, 0.15) is 39.5 Å². The molecule has 0 aromatic heterocycles. The molecule has 0 radical (unpaired) electrons. The van der Waals surface area contributed by atoms with Crippen LogP contribution >= 0.6 is 0 Å². The molecular weight excluding hydrogens is 202 g/mol. The third-order valence-corrected chi connectivity index (χ3v) is 3.73. The van der Waals surface area contributed by atoms with Crippen molar-refractivity contribution >= 4 is 0 Å². The number of ether oxygens (including phenoxy) is 2. The number of hydrogen-bond acceptors (Lipinski definition) is 3. The molecule has 0 aromatic carbocycles. The molecular formula is C13H25NO2. The number of hydrogen-bond donors (Lipinski definition) is 0. The second kappa shape index (κ2) is 5.03. The summed E-state index contributed by atoms with van der Waals surface area (Å²) in [7, 11) is 2.23. The van der Waals surface area contributed by atoms with E-state index in [1.165, 1.54) is 25.8 Å². The first-order chi connectivity index (χ1) is 7.57. The minimum atomic E-state index is 0.0435. The minimum Gasteiger partial charge on any atom is -0.352 e. The summed E-state index contributed by atoms with van der Waals surface area (Å²) < 4.78 is 11.5. The number of rotatable bonds is 3. The maximum absolute atomic E-state index is 5.75. The molecule has 0 aromatic rings. The van der Waals surface area contributed by atoms with Gasteiger partial charge in [0.15, 0.2) is 6.29 Å². The van der Waals surface area contributed by atoms with Crippen LogP contribution < -0.4 is 0 Å². The molecule has 2 heterocycles. The van der Waals surface area contributed by atoms with Gasteiger partial charge in [0, 0.05) is 11.5 Å². The Hall–Kier alpha value is -0.120. The van der Waals surface area contributed by atoms with E-state index in [9.17, 15) is 0 Å². The first kappa shape index (κ1) is 12.3. The van der Waals surface area contributed by atoms with Gasteiger partial charge in [-0.05, 0) is 39.3 Å². The van der Waals surface area contributed by atoms with E-state index in [0.717, 1.165) is 25.7 Å². The Bertz CT molecular complexity index is 220. The van der Waals surface area contributed by atoms with Gasteiger partial charge < -0.3 is 14.4 Å². The fraction of sp³-hybridized carbons (Fsp3) is 1.00. The van der Waals surface area contributed by atoms with Crippen molar-refractivity contribution in [1.82, 2.24) is 4.90 Å². The lowest BCUT2D eigenvalue weighted by atomic mass is 9.95. The van der Waals surface area contributed by atoms with Crippen molar-refractivity contribution in [3.8, 4) is 0 Å². The second-order valence-electron chi connectivity index (χ2n) is 6.07. The zero-order chi connectivity index (χ0) is 11.6. The fourth-order valence-electron chi connectivity index (χ4n) is 2.57. The topological polar surface area (TPSA) is 21.7 Å². The van der Waals surface area contributed by atoms with Gasteiger partial charge in [-0.1, -0.05) is 13.8 Å². The Morgan fingerprint density at radius 1 is 1.19 bits per heavy atom. The number of likely N-dealkylation sites (tertiary alicyclic amines) is 1. The van der Waals surface area contributed by atoms with Crippen molar-refractivity contribution in [2.24, 2.45) is 5.41 Å². The normalized spacial score (nSPS) is 32.1. The van der Waals surface area contributed by atoms with Crippen molar-refractivity contribution in [2.75, 3.05) is 26.8 Å². The minimum absolute atomic E-state index is 0.0435. The van der Waals surface area contributed by atoms with E-state index in [-0.39, 0.29) is 11.7 Å². The first-order valence-corrected chi connectivity index (χ1v) is 6.50. The van der Waals surface area contributed by atoms with E-state index >= 15 is 0 Å². The third-order valence-electron chi connectivity index (χ3n) is 3.73. The van der Waals surface area contributed by atoms with Crippen LogP contribution in [0.25, 0.3) is 0 Å². The summed E-state index contributed by atoms with van der Waals surface area (Å²) in [4.78, 5) is 2.47. The van der Waals surface area contributed by atoms with Crippen LogP contribution in [-0.4, -0.2) is 44.0 Å². The fourth-order valence-corrected chi connectivity index (χ4v) is 2.57. The van der Waals surface area contributed by atoms with E-state index in [2.05, 4.69) is 25.8 Å². The molecule has 1 atom stereocenters. The molecule has 3 nitrogen and oxygen atoms in total. The van der Waals surface area contributed by atoms with E-state index in [1.54, 1.807) is 0 Å². The van der Waals surface area contributed by atoms with E-state index in [4.69, 9.17) is 9.47 Å².